The van der Waals surface area contributed by atoms with Gasteiger partial charge in [-0.2, -0.15) is 0 Å². The van der Waals surface area contributed by atoms with Gasteiger partial charge in [-0.05, 0) is 6.07 Å². The predicted octanol–water partition coefficient (Wildman–Crippen LogP) is 0.847. The second-order valence-corrected chi connectivity index (χ2v) is 6.59. The van der Waals surface area contributed by atoms with Crippen molar-refractivity contribution in [3.63, 3.8) is 0 Å². The van der Waals surface area contributed by atoms with Gasteiger partial charge in [0.15, 0.2) is 11.5 Å². The lowest BCUT2D eigenvalue weighted by Gasteiger charge is -2.14. The molecule has 0 aliphatic heterocycles. The van der Waals surface area contributed by atoms with Crippen LogP contribution in [0.1, 0.15) is 5.56 Å². The SMILES string of the molecule is COc1cc(OC)c(OC)cc1CNCCS(C)(=O)=O. The van der Waals surface area contributed by atoms with Crippen LogP contribution in [-0.4, -0.2) is 48.3 Å². The summed E-state index contributed by atoms with van der Waals surface area (Å²) in [5.41, 5.74) is 0.874. The maximum absolute atomic E-state index is 11.0. The van der Waals surface area contributed by atoms with E-state index < -0.39 is 9.84 Å². The van der Waals surface area contributed by atoms with Crippen LogP contribution < -0.4 is 19.5 Å². The topological polar surface area (TPSA) is 73.9 Å². The maximum Gasteiger partial charge on any atom is 0.164 e. The highest BCUT2D eigenvalue weighted by molar-refractivity contribution is 7.90. The third kappa shape index (κ3) is 4.90. The molecule has 1 N–H and O–H groups in total. The second kappa shape index (κ2) is 7.35. The Morgan fingerprint density at radius 3 is 2.05 bits per heavy atom. The molecular weight excluding hydrogens is 282 g/mol. The van der Waals surface area contributed by atoms with E-state index in [0.717, 1.165) is 5.56 Å². The van der Waals surface area contributed by atoms with Crippen molar-refractivity contribution in [1.82, 2.24) is 5.32 Å². The van der Waals surface area contributed by atoms with Crippen LogP contribution in [0.4, 0.5) is 0 Å². The van der Waals surface area contributed by atoms with Gasteiger partial charge in [-0.3, -0.25) is 0 Å². The quantitative estimate of drug-likeness (QED) is 0.718. The van der Waals surface area contributed by atoms with Crippen LogP contribution in [-0.2, 0) is 16.4 Å². The van der Waals surface area contributed by atoms with Crippen LogP contribution in [0.3, 0.4) is 0 Å². The van der Waals surface area contributed by atoms with E-state index in [1.807, 2.05) is 6.07 Å². The number of nitrogens with one attached hydrogen (secondary N) is 1. The van der Waals surface area contributed by atoms with Gasteiger partial charge in [-0.25, -0.2) is 8.42 Å². The Labute approximate surface area is 120 Å². The Kier molecular flexibility index (Phi) is 6.09. The molecule has 1 aromatic carbocycles. The summed E-state index contributed by atoms with van der Waals surface area (Å²) in [6, 6.07) is 3.55. The molecule has 7 heteroatoms. The lowest BCUT2D eigenvalue weighted by atomic mass is 10.1. The molecule has 0 unspecified atom stereocenters. The molecule has 0 spiro atoms. The monoisotopic (exact) mass is 303 g/mol. The zero-order chi connectivity index (χ0) is 15.2. The minimum Gasteiger partial charge on any atom is -0.496 e. The molecule has 1 aromatic rings. The van der Waals surface area contributed by atoms with E-state index in [0.29, 0.717) is 30.3 Å². The molecule has 0 amide bonds. The van der Waals surface area contributed by atoms with Crippen molar-refractivity contribution in [3.05, 3.63) is 17.7 Å². The van der Waals surface area contributed by atoms with Gasteiger partial charge >= 0.3 is 0 Å². The van der Waals surface area contributed by atoms with Crippen LogP contribution in [0.5, 0.6) is 17.2 Å². The molecule has 0 heterocycles. The lowest BCUT2D eigenvalue weighted by molar-refractivity contribution is 0.347. The highest BCUT2D eigenvalue weighted by Crippen LogP contribution is 2.34. The first-order chi connectivity index (χ1) is 9.41. The molecule has 0 aliphatic carbocycles. The normalized spacial score (nSPS) is 11.2. The fraction of sp³-hybridized carbons (Fsp3) is 0.538. The Morgan fingerprint density at radius 2 is 1.55 bits per heavy atom. The number of benzene rings is 1. The Bertz CT molecular complexity index is 542. The van der Waals surface area contributed by atoms with E-state index in [9.17, 15) is 8.42 Å². The average molecular weight is 303 g/mol. The van der Waals surface area contributed by atoms with Gasteiger partial charge in [0.05, 0.1) is 27.1 Å². The van der Waals surface area contributed by atoms with Gasteiger partial charge in [-0.1, -0.05) is 0 Å². The van der Waals surface area contributed by atoms with E-state index in [1.54, 1.807) is 27.4 Å². The molecule has 0 aromatic heterocycles. The van der Waals surface area contributed by atoms with E-state index in [4.69, 9.17) is 14.2 Å². The Morgan fingerprint density at radius 1 is 1.00 bits per heavy atom. The van der Waals surface area contributed by atoms with Gasteiger partial charge in [0.2, 0.25) is 0 Å². The van der Waals surface area contributed by atoms with E-state index in [2.05, 4.69) is 5.32 Å². The molecule has 0 radical (unpaired) electrons. The fourth-order valence-electron chi connectivity index (χ4n) is 1.71. The Hall–Kier alpha value is -1.47. The smallest absolute Gasteiger partial charge is 0.164 e. The molecule has 0 fully saturated rings. The summed E-state index contributed by atoms with van der Waals surface area (Å²) in [4.78, 5) is 0. The summed E-state index contributed by atoms with van der Waals surface area (Å²) in [6.45, 7) is 0.870. The van der Waals surface area contributed by atoms with Crippen molar-refractivity contribution >= 4 is 9.84 Å². The van der Waals surface area contributed by atoms with Gasteiger partial charge in [0, 0.05) is 31.0 Å². The summed E-state index contributed by atoms with van der Waals surface area (Å²) >= 11 is 0. The lowest BCUT2D eigenvalue weighted by Crippen LogP contribution is -2.22. The molecule has 6 nitrogen and oxygen atoms in total. The maximum atomic E-state index is 11.0. The van der Waals surface area contributed by atoms with E-state index in [-0.39, 0.29) is 5.75 Å². The van der Waals surface area contributed by atoms with Gasteiger partial charge in [0.1, 0.15) is 15.6 Å². The van der Waals surface area contributed by atoms with E-state index >= 15 is 0 Å². The van der Waals surface area contributed by atoms with Gasteiger partial charge in [0.25, 0.3) is 0 Å². The van der Waals surface area contributed by atoms with Crippen molar-refractivity contribution in [2.24, 2.45) is 0 Å². The summed E-state index contributed by atoms with van der Waals surface area (Å²) in [5.74, 6) is 1.95. The average Bonchev–Trinajstić information content (AvgIpc) is 2.41. The number of hydrogen-bond donors (Lipinski definition) is 1. The highest BCUT2D eigenvalue weighted by Gasteiger charge is 2.11. The highest BCUT2D eigenvalue weighted by atomic mass is 32.2. The minimum absolute atomic E-state index is 0.0998. The van der Waals surface area contributed by atoms with Crippen LogP contribution in [0.25, 0.3) is 0 Å². The summed E-state index contributed by atoms with van der Waals surface area (Å²) in [7, 11) is 1.73. The summed E-state index contributed by atoms with van der Waals surface area (Å²) < 4.78 is 37.8. The summed E-state index contributed by atoms with van der Waals surface area (Å²) in [6.07, 6.45) is 1.21. The standard InChI is InChI=1S/C13H21NO5S/c1-17-11-8-13(19-3)12(18-2)7-10(11)9-14-5-6-20(4,15)16/h7-8,14H,5-6,9H2,1-4H3. The number of ether oxygens (including phenoxy) is 3. The first-order valence-corrected chi connectivity index (χ1v) is 8.14. The van der Waals surface area contributed by atoms with Gasteiger partial charge < -0.3 is 19.5 Å². The van der Waals surface area contributed by atoms with Crippen molar-refractivity contribution < 1.29 is 22.6 Å². The zero-order valence-electron chi connectivity index (χ0n) is 12.2. The number of methoxy groups -OCH3 is 3. The van der Waals surface area contributed by atoms with Crippen LogP contribution >= 0.6 is 0 Å². The van der Waals surface area contributed by atoms with Crippen molar-refractivity contribution in [1.29, 1.82) is 0 Å². The van der Waals surface area contributed by atoms with Crippen LogP contribution in [0.2, 0.25) is 0 Å². The molecule has 0 bridgehead atoms. The number of rotatable bonds is 8. The van der Waals surface area contributed by atoms with E-state index in [1.165, 1.54) is 6.26 Å². The number of sulfone groups is 1. The second-order valence-electron chi connectivity index (χ2n) is 4.33. The zero-order valence-corrected chi connectivity index (χ0v) is 13.0. The first-order valence-electron chi connectivity index (χ1n) is 6.08. The molecule has 20 heavy (non-hydrogen) atoms. The Balaban J connectivity index is 2.78. The molecule has 0 atom stereocenters. The van der Waals surface area contributed by atoms with Crippen molar-refractivity contribution in [3.8, 4) is 17.2 Å². The molecule has 0 aliphatic rings. The van der Waals surface area contributed by atoms with Gasteiger partial charge in [-0.15, -0.1) is 0 Å². The van der Waals surface area contributed by atoms with Crippen LogP contribution in [0.15, 0.2) is 12.1 Å². The molecule has 0 saturated carbocycles. The van der Waals surface area contributed by atoms with Crippen LogP contribution in [0, 0.1) is 0 Å². The summed E-state index contributed by atoms with van der Waals surface area (Å²) in [5, 5.41) is 3.07. The predicted molar refractivity (Wildman–Crippen MR) is 77.5 cm³/mol. The first kappa shape index (κ1) is 16.6. The molecule has 1 rings (SSSR count). The molecular formula is C13H21NO5S. The minimum atomic E-state index is -2.96. The fourth-order valence-corrected chi connectivity index (χ4v) is 2.23. The molecule has 114 valence electrons. The van der Waals surface area contributed by atoms with Crippen molar-refractivity contribution in [2.45, 2.75) is 6.54 Å². The third-order valence-corrected chi connectivity index (χ3v) is 3.70. The molecule has 0 saturated heterocycles. The van der Waals surface area contributed by atoms with Crippen molar-refractivity contribution in [2.75, 3.05) is 39.9 Å². The number of hydrogen-bond acceptors (Lipinski definition) is 6. The third-order valence-electron chi connectivity index (χ3n) is 2.75. The largest absolute Gasteiger partial charge is 0.496 e.